The second kappa shape index (κ2) is 8.74. The zero-order valence-corrected chi connectivity index (χ0v) is 13.5. The van der Waals surface area contributed by atoms with Crippen molar-refractivity contribution in [3.63, 3.8) is 0 Å². The molecule has 0 saturated carbocycles. The van der Waals surface area contributed by atoms with E-state index in [1.54, 1.807) is 0 Å². The molecule has 1 aromatic carbocycles. The smallest absolute Gasteiger partial charge is 0.239 e. The Kier molecular flexibility index (Phi) is 7.30. The third-order valence-electron chi connectivity index (χ3n) is 2.74. The average Bonchev–Trinajstić information content (AvgIpc) is 2.36. The Bertz CT molecular complexity index is 461. The molecule has 4 nitrogen and oxygen atoms in total. The van der Waals surface area contributed by atoms with Crippen LogP contribution in [0.2, 0.25) is 0 Å². The van der Waals surface area contributed by atoms with Crippen LogP contribution in [0.5, 0.6) is 0 Å². The summed E-state index contributed by atoms with van der Waals surface area (Å²) in [7, 11) is 0. The van der Waals surface area contributed by atoms with Crippen molar-refractivity contribution in [2.75, 3.05) is 13.1 Å². The van der Waals surface area contributed by atoms with Crippen molar-refractivity contribution in [2.45, 2.75) is 26.7 Å². The van der Waals surface area contributed by atoms with E-state index in [0.29, 0.717) is 12.5 Å². The van der Waals surface area contributed by atoms with Gasteiger partial charge in [0, 0.05) is 11.0 Å². The Balaban J connectivity index is 2.24. The molecule has 1 rings (SSSR count). The summed E-state index contributed by atoms with van der Waals surface area (Å²) in [5, 5.41) is 5.40. The molecule has 5 heteroatoms. The Labute approximate surface area is 128 Å². The van der Waals surface area contributed by atoms with Crippen LogP contribution >= 0.6 is 15.9 Å². The Morgan fingerprint density at radius 3 is 2.60 bits per heavy atom. The quantitative estimate of drug-likeness (QED) is 0.799. The fourth-order valence-electron chi connectivity index (χ4n) is 1.64. The molecule has 0 radical (unpaired) electrons. The molecule has 0 saturated heterocycles. The molecule has 0 fully saturated rings. The second-order valence-corrected chi connectivity index (χ2v) is 6.03. The van der Waals surface area contributed by atoms with E-state index in [0.717, 1.165) is 16.5 Å². The first-order valence-corrected chi connectivity index (χ1v) is 7.54. The lowest BCUT2D eigenvalue weighted by atomic mass is 10.1. The molecule has 0 spiro atoms. The molecule has 0 heterocycles. The summed E-state index contributed by atoms with van der Waals surface area (Å²) in [4.78, 5) is 23.2. The van der Waals surface area contributed by atoms with Gasteiger partial charge in [0.05, 0.1) is 13.0 Å². The van der Waals surface area contributed by atoms with Crippen molar-refractivity contribution in [3.05, 3.63) is 34.3 Å². The van der Waals surface area contributed by atoms with E-state index >= 15 is 0 Å². The number of hydrogen-bond donors (Lipinski definition) is 2. The van der Waals surface area contributed by atoms with Gasteiger partial charge in [-0.3, -0.25) is 9.59 Å². The minimum absolute atomic E-state index is 0.0327. The molecular weight excluding hydrogens is 320 g/mol. The Hall–Kier alpha value is -1.36. The zero-order valence-electron chi connectivity index (χ0n) is 11.9. The van der Waals surface area contributed by atoms with E-state index in [1.807, 2.05) is 24.3 Å². The van der Waals surface area contributed by atoms with E-state index in [9.17, 15) is 9.59 Å². The maximum absolute atomic E-state index is 11.7. The zero-order chi connectivity index (χ0) is 15.0. The summed E-state index contributed by atoms with van der Waals surface area (Å²) < 4.78 is 0.939. The summed E-state index contributed by atoms with van der Waals surface area (Å²) in [6, 6.07) is 7.56. The first kappa shape index (κ1) is 16.7. The molecular formula is C15H21BrN2O2. The van der Waals surface area contributed by atoms with Crippen molar-refractivity contribution in [1.29, 1.82) is 0 Å². The molecule has 0 aromatic heterocycles. The average molecular weight is 341 g/mol. The highest BCUT2D eigenvalue weighted by atomic mass is 79.9. The summed E-state index contributed by atoms with van der Waals surface area (Å²) >= 11 is 3.36. The van der Waals surface area contributed by atoms with Crippen LogP contribution in [0.15, 0.2) is 28.7 Å². The number of benzene rings is 1. The molecule has 2 amide bonds. The van der Waals surface area contributed by atoms with Crippen LogP contribution in [0.1, 0.15) is 25.8 Å². The van der Waals surface area contributed by atoms with Gasteiger partial charge >= 0.3 is 0 Å². The highest BCUT2D eigenvalue weighted by molar-refractivity contribution is 9.10. The van der Waals surface area contributed by atoms with Crippen LogP contribution < -0.4 is 10.6 Å². The third kappa shape index (κ3) is 7.28. The summed E-state index contributed by atoms with van der Waals surface area (Å²) in [6.07, 6.45) is 1.22. The van der Waals surface area contributed by atoms with Gasteiger partial charge < -0.3 is 10.6 Å². The minimum Gasteiger partial charge on any atom is -0.355 e. The van der Waals surface area contributed by atoms with Crippen molar-refractivity contribution in [1.82, 2.24) is 10.6 Å². The molecule has 110 valence electrons. The van der Waals surface area contributed by atoms with E-state index in [-0.39, 0.29) is 24.8 Å². The van der Waals surface area contributed by atoms with Crippen LogP contribution in [0.4, 0.5) is 0 Å². The van der Waals surface area contributed by atoms with Gasteiger partial charge in [0.2, 0.25) is 11.8 Å². The lowest BCUT2D eigenvalue weighted by molar-refractivity contribution is -0.125. The molecule has 2 N–H and O–H groups in total. The fourth-order valence-corrected chi connectivity index (χ4v) is 2.08. The van der Waals surface area contributed by atoms with Crippen molar-refractivity contribution < 1.29 is 9.59 Å². The van der Waals surface area contributed by atoms with Crippen molar-refractivity contribution >= 4 is 27.7 Å². The van der Waals surface area contributed by atoms with Crippen LogP contribution in [-0.4, -0.2) is 24.9 Å². The maximum Gasteiger partial charge on any atom is 0.239 e. The van der Waals surface area contributed by atoms with Gasteiger partial charge in [-0.15, -0.1) is 0 Å². The van der Waals surface area contributed by atoms with Gasteiger partial charge in [-0.05, 0) is 30.0 Å². The van der Waals surface area contributed by atoms with Crippen molar-refractivity contribution in [2.24, 2.45) is 5.92 Å². The number of hydrogen-bond acceptors (Lipinski definition) is 2. The molecule has 0 aliphatic rings. The normalized spacial score (nSPS) is 10.4. The van der Waals surface area contributed by atoms with Gasteiger partial charge in [-0.1, -0.05) is 41.9 Å². The SMILES string of the molecule is CC(C)CCNC(=O)CNC(=O)Cc1cccc(Br)c1. The summed E-state index contributed by atoms with van der Waals surface area (Å²) in [5.74, 6) is 0.261. The van der Waals surface area contributed by atoms with Crippen LogP contribution in [0, 0.1) is 5.92 Å². The number of carbonyl (C=O) groups is 2. The van der Waals surface area contributed by atoms with Crippen LogP contribution in [-0.2, 0) is 16.0 Å². The molecule has 0 unspecified atom stereocenters. The summed E-state index contributed by atoms with van der Waals surface area (Å²) in [5.41, 5.74) is 0.914. The Morgan fingerprint density at radius 1 is 1.20 bits per heavy atom. The predicted molar refractivity (Wildman–Crippen MR) is 83.3 cm³/mol. The largest absolute Gasteiger partial charge is 0.355 e. The van der Waals surface area contributed by atoms with Gasteiger partial charge in [0.15, 0.2) is 0 Å². The lowest BCUT2D eigenvalue weighted by Gasteiger charge is -2.08. The Morgan fingerprint density at radius 2 is 1.95 bits per heavy atom. The van der Waals surface area contributed by atoms with Gasteiger partial charge in [-0.25, -0.2) is 0 Å². The molecule has 1 aromatic rings. The molecule has 0 aliphatic heterocycles. The number of amides is 2. The highest BCUT2D eigenvalue weighted by Gasteiger charge is 2.06. The molecule has 0 aliphatic carbocycles. The first-order valence-electron chi connectivity index (χ1n) is 6.75. The number of halogens is 1. The molecule has 0 atom stereocenters. The predicted octanol–water partition coefficient (Wildman–Crippen LogP) is 2.27. The van der Waals surface area contributed by atoms with Gasteiger partial charge in [0.1, 0.15) is 0 Å². The van der Waals surface area contributed by atoms with E-state index in [2.05, 4.69) is 40.4 Å². The molecule has 20 heavy (non-hydrogen) atoms. The van der Waals surface area contributed by atoms with E-state index in [1.165, 1.54) is 0 Å². The third-order valence-corrected chi connectivity index (χ3v) is 3.24. The van der Waals surface area contributed by atoms with Crippen LogP contribution in [0.3, 0.4) is 0 Å². The monoisotopic (exact) mass is 340 g/mol. The second-order valence-electron chi connectivity index (χ2n) is 5.12. The molecule has 0 bridgehead atoms. The van der Waals surface area contributed by atoms with Crippen LogP contribution in [0.25, 0.3) is 0 Å². The number of nitrogens with one attached hydrogen (secondary N) is 2. The first-order chi connectivity index (χ1) is 9.47. The standard InChI is InChI=1S/C15H21BrN2O2/c1-11(2)6-7-17-15(20)10-18-14(19)9-12-4-3-5-13(16)8-12/h3-5,8,11H,6-7,9-10H2,1-2H3,(H,17,20)(H,18,19). The number of rotatable bonds is 7. The van der Waals surface area contributed by atoms with Crippen molar-refractivity contribution in [3.8, 4) is 0 Å². The topological polar surface area (TPSA) is 58.2 Å². The lowest BCUT2D eigenvalue weighted by Crippen LogP contribution is -2.38. The van der Waals surface area contributed by atoms with E-state index in [4.69, 9.17) is 0 Å². The van der Waals surface area contributed by atoms with Gasteiger partial charge in [0.25, 0.3) is 0 Å². The maximum atomic E-state index is 11.7. The van der Waals surface area contributed by atoms with E-state index < -0.39 is 0 Å². The highest BCUT2D eigenvalue weighted by Crippen LogP contribution is 2.11. The van der Waals surface area contributed by atoms with Gasteiger partial charge in [-0.2, -0.15) is 0 Å². The fraction of sp³-hybridized carbons (Fsp3) is 0.467. The minimum atomic E-state index is -0.151. The number of carbonyl (C=O) groups excluding carboxylic acids is 2. The summed E-state index contributed by atoms with van der Waals surface area (Å²) in [6.45, 7) is 4.89.